The smallest absolute Gasteiger partial charge is 0.258 e. The molecule has 0 spiro atoms. The Labute approximate surface area is 139 Å². The third-order valence-electron chi connectivity index (χ3n) is 5.63. The van der Waals surface area contributed by atoms with E-state index in [2.05, 4.69) is 15.2 Å². The molecule has 0 amide bonds. The molecule has 2 heterocycles. The Morgan fingerprint density at radius 1 is 1.38 bits per heavy atom. The molecule has 8 nitrogen and oxygen atoms in total. The van der Waals surface area contributed by atoms with Crippen molar-refractivity contribution in [3.05, 3.63) is 23.0 Å². The van der Waals surface area contributed by atoms with E-state index in [9.17, 15) is 9.90 Å². The number of fused-ring (bicyclic) bond motifs is 1. The average Bonchev–Trinajstić information content (AvgIpc) is 3.24. The summed E-state index contributed by atoms with van der Waals surface area (Å²) in [5.74, 6) is 2.19. The third-order valence-corrected chi connectivity index (χ3v) is 5.63. The molecular weight excluding hydrogens is 310 g/mol. The molecule has 2 fully saturated rings. The molecular formula is C16H21N5O3. The fourth-order valence-corrected chi connectivity index (χ4v) is 4.54. The molecule has 2 atom stereocenters. The van der Waals surface area contributed by atoms with Crippen LogP contribution in [0.4, 0.5) is 5.82 Å². The molecule has 2 aromatic heterocycles. The number of carbonyl (C=O) groups is 1. The molecule has 0 radical (unpaired) electrons. The summed E-state index contributed by atoms with van der Waals surface area (Å²) >= 11 is 0. The highest BCUT2D eigenvalue weighted by Crippen LogP contribution is 2.56. The number of carbonyl (C=O) groups excluding carboxylic acids is 1. The predicted octanol–water partition coefficient (Wildman–Crippen LogP) is 1.30. The number of hydrogen-bond acceptors (Lipinski definition) is 7. The molecule has 128 valence electrons. The molecule has 2 aliphatic carbocycles. The summed E-state index contributed by atoms with van der Waals surface area (Å²) in [6.45, 7) is 1.74. The number of aliphatic hydroxyl groups is 1. The van der Waals surface area contributed by atoms with Gasteiger partial charge in [0, 0.05) is 13.0 Å². The molecule has 2 saturated carbocycles. The van der Waals surface area contributed by atoms with Crippen LogP contribution in [0.2, 0.25) is 0 Å². The van der Waals surface area contributed by atoms with E-state index in [4.69, 9.17) is 10.3 Å². The monoisotopic (exact) mass is 331 g/mol. The number of nitrogen functional groups attached to an aromatic ring is 1. The number of aldehydes is 1. The standard InChI is InChI=1S/C16H21N5O3/c1-8-18-15(24-20-8)16(23)5-10-3-9(4-11(10)6-16)13-12(7-22)14(17)21(2)19-13/h7,9-11,23H,3-6,17H2,1-2H3. The van der Waals surface area contributed by atoms with Crippen LogP contribution in [0.15, 0.2) is 4.52 Å². The van der Waals surface area contributed by atoms with Gasteiger partial charge in [-0.1, -0.05) is 5.16 Å². The summed E-state index contributed by atoms with van der Waals surface area (Å²) in [5.41, 5.74) is 6.18. The molecule has 8 heteroatoms. The summed E-state index contributed by atoms with van der Waals surface area (Å²) in [5, 5.41) is 19.1. The van der Waals surface area contributed by atoms with Crippen LogP contribution in [0, 0.1) is 18.8 Å². The zero-order chi connectivity index (χ0) is 17.1. The van der Waals surface area contributed by atoms with Crippen molar-refractivity contribution >= 4 is 12.1 Å². The van der Waals surface area contributed by atoms with Crippen LogP contribution in [-0.2, 0) is 12.6 Å². The number of aromatic nitrogens is 4. The number of nitrogens with two attached hydrogens (primary N) is 1. The highest BCUT2D eigenvalue weighted by molar-refractivity contribution is 5.83. The third kappa shape index (κ3) is 2.16. The fourth-order valence-electron chi connectivity index (χ4n) is 4.54. The van der Waals surface area contributed by atoms with Gasteiger partial charge in [-0.15, -0.1) is 0 Å². The highest BCUT2D eigenvalue weighted by Gasteiger charge is 2.52. The van der Waals surface area contributed by atoms with E-state index in [1.165, 1.54) is 0 Å². The minimum atomic E-state index is -1.03. The molecule has 2 aliphatic rings. The second-order valence-electron chi connectivity index (χ2n) is 7.20. The van der Waals surface area contributed by atoms with E-state index >= 15 is 0 Å². The summed E-state index contributed by atoms with van der Waals surface area (Å²) in [6, 6.07) is 0. The van der Waals surface area contributed by atoms with Crippen molar-refractivity contribution in [3.63, 3.8) is 0 Å². The number of anilines is 1. The van der Waals surface area contributed by atoms with Gasteiger partial charge in [0.2, 0.25) is 0 Å². The Balaban J connectivity index is 1.54. The van der Waals surface area contributed by atoms with Crippen molar-refractivity contribution in [3.8, 4) is 0 Å². The van der Waals surface area contributed by atoms with E-state index < -0.39 is 5.60 Å². The van der Waals surface area contributed by atoms with Crippen molar-refractivity contribution in [1.29, 1.82) is 0 Å². The molecule has 2 aromatic rings. The van der Waals surface area contributed by atoms with Crippen LogP contribution in [-0.4, -0.2) is 31.3 Å². The van der Waals surface area contributed by atoms with Crippen molar-refractivity contribution in [2.24, 2.45) is 18.9 Å². The predicted molar refractivity (Wildman–Crippen MR) is 84.1 cm³/mol. The Kier molecular flexibility index (Phi) is 3.28. The van der Waals surface area contributed by atoms with Crippen LogP contribution >= 0.6 is 0 Å². The molecule has 3 N–H and O–H groups in total. The molecule has 24 heavy (non-hydrogen) atoms. The van der Waals surface area contributed by atoms with Crippen molar-refractivity contribution < 1.29 is 14.4 Å². The van der Waals surface area contributed by atoms with Gasteiger partial charge in [0.25, 0.3) is 5.89 Å². The van der Waals surface area contributed by atoms with Crippen LogP contribution in [0.5, 0.6) is 0 Å². The first-order valence-corrected chi connectivity index (χ1v) is 8.22. The maximum atomic E-state index is 11.4. The molecule has 0 bridgehead atoms. The normalized spacial score (nSPS) is 32.2. The van der Waals surface area contributed by atoms with Gasteiger partial charge in [0.05, 0.1) is 11.3 Å². The second kappa shape index (κ2) is 5.14. The van der Waals surface area contributed by atoms with Crippen LogP contribution in [0.1, 0.15) is 59.4 Å². The van der Waals surface area contributed by atoms with Crippen LogP contribution < -0.4 is 5.73 Å². The molecule has 0 aliphatic heterocycles. The zero-order valence-electron chi connectivity index (χ0n) is 13.8. The van der Waals surface area contributed by atoms with Crippen molar-refractivity contribution in [2.75, 3.05) is 5.73 Å². The second-order valence-corrected chi connectivity index (χ2v) is 7.20. The molecule has 0 saturated heterocycles. The Bertz CT molecular complexity index is 782. The lowest BCUT2D eigenvalue weighted by Gasteiger charge is -2.20. The van der Waals surface area contributed by atoms with Gasteiger partial charge in [-0.3, -0.25) is 9.48 Å². The van der Waals surface area contributed by atoms with E-state index in [0.717, 1.165) is 24.8 Å². The number of aryl methyl sites for hydroxylation is 2. The average molecular weight is 331 g/mol. The Morgan fingerprint density at radius 3 is 2.58 bits per heavy atom. The maximum absolute atomic E-state index is 11.4. The van der Waals surface area contributed by atoms with Gasteiger partial charge in [-0.25, -0.2) is 0 Å². The largest absolute Gasteiger partial charge is 0.383 e. The topological polar surface area (TPSA) is 120 Å². The minimum Gasteiger partial charge on any atom is -0.383 e. The lowest BCUT2D eigenvalue weighted by Crippen LogP contribution is -2.23. The van der Waals surface area contributed by atoms with Gasteiger partial charge >= 0.3 is 0 Å². The summed E-state index contributed by atoms with van der Waals surface area (Å²) in [7, 11) is 1.75. The highest BCUT2D eigenvalue weighted by atomic mass is 16.5. The number of rotatable bonds is 3. The minimum absolute atomic E-state index is 0.206. The number of nitrogens with zero attached hydrogens (tertiary/aromatic N) is 4. The van der Waals surface area contributed by atoms with Gasteiger partial charge in [-0.05, 0) is 44.4 Å². The summed E-state index contributed by atoms with van der Waals surface area (Å²) in [6.07, 6.45) is 3.78. The Hall–Kier alpha value is -2.22. The first kappa shape index (κ1) is 15.3. The van der Waals surface area contributed by atoms with Crippen LogP contribution in [0.3, 0.4) is 0 Å². The molecule has 2 unspecified atom stereocenters. The van der Waals surface area contributed by atoms with Gasteiger partial charge < -0.3 is 15.4 Å². The van der Waals surface area contributed by atoms with Crippen molar-refractivity contribution in [1.82, 2.24) is 19.9 Å². The van der Waals surface area contributed by atoms with Gasteiger partial charge in [0.15, 0.2) is 12.1 Å². The zero-order valence-corrected chi connectivity index (χ0v) is 13.8. The number of hydrogen-bond donors (Lipinski definition) is 2. The van der Waals surface area contributed by atoms with E-state index in [-0.39, 0.29) is 5.92 Å². The summed E-state index contributed by atoms with van der Waals surface area (Å²) < 4.78 is 6.75. The quantitative estimate of drug-likeness (QED) is 0.813. The SMILES string of the molecule is Cc1noc(C2(O)CC3CC(c4nn(C)c(N)c4C=O)CC3C2)n1. The lowest BCUT2D eigenvalue weighted by molar-refractivity contribution is 0.00248. The van der Waals surface area contributed by atoms with Crippen LogP contribution in [0.25, 0.3) is 0 Å². The fraction of sp³-hybridized carbons (Fsp3) is 0.625. The van der Waals surface area contributed by atoms with E-state index in [0.29, 0.717) is 47.8 Å². The van der Waals surface area contributed by atoms with E-state index in [1.54, 1.807) is 18.7 Å². The summed E-state index contributed by atoms with van der Waals surface area (Å²) in [4.78, 5) is 15.6. The van der Waals surface area contributed by atoms with E-state index in [1.807, 2.05) is 0 Å². The lowest BCUT2D eigenvalue weighted by atomic mass is 9.92. The van der Waals surface area contributed by atoms with Crippen molar-refractivity contribution in [2.45, 2.75) is 44.1 Å². The molecule has 4 rings (SSSR count). The Morgan fingerprint density at radius 2 is 2.04 bits per heavy atom. The molecule has 0 aromatic carbocycles. The maximum Gasteiger partial charge on any atom is 0.258 e. The van der Waals surface area contributed by atoms with Gasteiger partial charge in [0.1, 0.15) is 11.4 Å². The first-order chi connectivity index (χ1) is 11.4. The van der Waals surface area contributed by atoms with Gasteiger partial charge in [-0.2, -0.15) is 10.1 Å². The first-order valence-electron chi connectivity index (χ1n) is 8.22.